The molecule has 0 amide bonds. The van der Waals surface area contributed by atoms with Gasteiger partial charge in [-0.3, -0.25) is 0 Å². The van der Waals surface area contributed by atoms with Crippen LogP contribution in [0.1, 0.15) is 24.9 Å². The van der Waals surface area contributed by atoms with Crippen molar-refractivity contribution in [3.8, 4) is 11.5 Å². The Kier molecular flexibility index (Phi) is 5.64. The maximum Gasteiger partial charge on any atom is 0.127 e. The Balaban J connectivity index is 1.92. The van der Waals surface area contributed by atoms with Crippen LogP contribution in [0.5, 0.6) is 11.5 Å². The van der Waals surface area contributed by atoms with Crippen molar-refractivity contribution >= 4 is 0 Å². The zero-order valence-electron chi connectivity index (χ0n) is 12.1. The summed E-state index contributed by atoms with van der Waals surface area (Å²) in [4.78, 5) is 0. The number of rotatable bonds is 8. The molecule has 0 saturated carbocycles. The van der Waals surface area contributed by atoms with Crippen molar-refractivity contribution in [3.05, 3.63) is 23.8 Å². The molecule has 2 rings (SSSR count). The Morgan fingerprint density at radius 1 is 1.45 bits per heavy atom. The van der Waals surface area contributed by atoms with Crippen LogP contribution in [0.3, 0.4) is 0 Å². The van der Waals surface area contributed by atoms with Gasteiger partial charge in [-0.25, -0.2) is 0 Å². The summed E-state index contributed by atoms with van der Waals surface area (Å²) in [6.45, 7) is 4.26. The molecule has 5 nitrogen and oxygen atoms in total. The highest BCUT2D eigenvalue weighted by Gasteiger charge is 2.23. The molecule has 2 unspecified atom stereocenters. The number of aliphatic hydroxyl groups excluding tert-OH is 1. The van der Waals surface area contributed by atoms with Gasteiger partial charge >= 0.3 is 0 Å². The Morgan fingerprint density at radius 2 is 2.30 bits per heavy atom. The van der Waals surface area contributed by atoms with Gasteiger partial charge in [0.05, 0.1) is 12.6 Å². The van der Waals surface area contributed by atoms with Crippen LogP contribution in [-0.4, -0.2) is 44.7 Å². The largest absolute Gasteiger partial charge is 0.491 e. The van der Waals surface area contributed by atoms with Crippen molar-refractivity contribution in [1.29, 1.82) is 0 Å². The summed E-state index contributed by atoms with van der Waals surface area (Å²) >= 11 is 0. The molecule has 0 spiro atoms. The van der Waals surface area contributed by atoms with E-state index in [1.165, 1.54) is 5.56 Å². The fraction of sp³-hybridized carbons (Fsp3) is 0.600. The highest BCUT2D eigenvalue weighted by atomic mass is 16.5. The lowest BCUT2D eigenvalue weighted by molar-refractivity contribution is 0.0325. The summed E-state index contributed by atoms with van der Waals surface area (Å²) in [5.41, 5.74) is 1.17. The van der Waals surface area contributed by atoms with Crippen LogP contribution >= 0.6 is 0 Å². The first-order valence-corrected chi connectivity index (χ1v) is 7.04. The number of hydrogen-bond acceptors (Lipinski definition) is 5. The molecule has 1 aromatic carbocycles. The topological polar surface area (TPSA) is 60.0 Å². The van der Waals surface area contributed by atoms with Crippen molar-refractivity contribution in [2.24, 2.45) is 0 Å². The predicted octanol–water partition coefficient (Wildman–Crippen LogP) is 1.51. The third-order valence-electron chi connectivity index (χ3n) is 3.21. The van der Waals surface area contributed by atoms with Gasteiger partial charge < -0.3 is 24.6 Å². The van der Waals surface area contributed by atoms with Gasteiger partial charge in [0.15, 0.2) is 0 Å². The maximum atomic E-state index is 9.55. The molecular weight excluding hydrogens is 258 g/mol. The van der Waals surface area contributed by atoms with E-state index in [9.17, 15) is 5.11 Å². The molecule has 0 fully saturated rings. The molecule has 0 saturated heterocycles. The van der Waals surface area contributed by atoms with Gasteiger partial charge in [0, 0.05) is 18.7 Å². The van der Waals surface area contributed by atoms with Crippen LogP contribution in [0.25, 0.3) is 0 Å². The second-order valence-corrected chi connectivity index (χ2v) is 4.94. The zero-order chi connectivity index (χ0) is 14.4. The van der Waals surface area contributed by atoms with Gasteiger partial charge in [-0.15, -0.1) is 0 Å². The predicted molar refractivity (Wildman–Crippen MR) is 76.3 cm³/mol. The van der Waals surface area contributed by atoms with E-state index >= 15 is 0 Å². The number of aliphatic hydroxyl groups is 1. The van der Waals surface area contributed by atoms with E-state index in [0.717, 1.165) is 18.7 Å². The molecule has 0 radical (unpaired) electrons. The van der Waals surface area contributed by atoms with Crippen LogP contribution in [-0.2, 0) is 4.74 Å². The highest BCUT2D eigenvalue weighted by molar-refractivity contribution is 5.45. The average molecular weight is 281 g/mol. The number of fused-ring (bicyclic) bond motifs is 1. The smallest absolute Gasteiger partial charge is 0.127 e. The molecule has 1 heterocycles. The van der Waals surface area contributed by atoms with E-state index in [2.05, 4.69) is 12.2 Å². The molecule has 2 N–H and O–H groups in total. The van der Waals surface area contributed by atoms with Crippen LogP contribution in [0, 0.1) is 0 Å². The number of hydrogen-bond donors (Lipinski definition) is 2. The molecule has 5 heteroatoms. The van der Waals surface area contributed by atoms with Crippen molar-refractivity contribution in [3.63, 3.8) is 0 Å². The van der Waals surface area contributed by atoms with Gasteiger partial charge in [0.1, 0.15) is 30.8 Å². The van der Waals surface area contributed by atoms with Crippen LogP contribution in [0.15, 0.2) is 18.2 Å². The number of nitrogens with one attached hydrogen (secondary N) is 1. The summed E-state index contributed by atoms with van der Waals surface area (Å²) in [6.07, 6.45) is 0.484. The van der Waals surface area contributed by atoms with E-state index in [0.29, 0.717) is 12.4 Å². The lowest BCUT2D eigenvalue weighted by Crippen LogP contribution is -2.23. The lowest BCUT2D eigenvalue weighted by atomic mass is 10.1. The quantitative estimate of drug-likeness (QED) is 0.756. The Labute approximate surface area is 119 Å². The van der Waals surface area contributed by atoms with Gasteiger partial charge in [0.2, 0.25) is 0 Å². The number of methoxy groups -OCH3 is 1. The van der Waals surface area contributed by atoms with E-state index in [1.807, 2.05) is 18.2 Å². The minimum Gasteiger partial charge on any atom is -0.491 e. The van der Waals surface area contributed by atoms with E-state index in [-0.39, 0.29) is 19.3 Å². The molecule has 2 atom stereocenters. The molecule has 1 aromatic rings. The molecule has 1 aliphatic rings. The van der Waals surface area contributed by atoms with E-state index < -0.39 is 6.10 Å². The fourth-order valence-electron chi connectivity index (χ4n) is 2.20. The molecule has 0 bridgehead atoms. The Morgan fingerprint density at radius 3 is 3.05 bits per heavy atom. The molecule has 1 aliphatic heterocycles. The third-order valence-corrected chi connectivity index (χ3v) is 3.21. The van der Waals surface area contributed by atoms with Crippen molar-refractivity contribution in [1.82, 2.24) is 5.32 Å². The highest BCUT2D eigenvalue weighted by Crippen LogP contribution is 2.35. The van der Waals surface area contributed by atoms with Crippen molar-refractivity contribution < 1.29 is 19.3 Å². The van der Waals surface area contributed by atoms with Gasteiger partial charge in [-0.2, -0.15) is 0 Å². The summed E-state index contributed by atoms with van der Waals surface area (Å²) in [7, 11) is 1.55. The monoisotopic (exact) mass is 281 g/mol. The van der Waals surface area contributed by atoms with Gasteiger partial charge in [-0.05, 0) is 25.1 Å². The van der Waals surface area contributed by atoms with Gasteiger partial charge in [-0.1, -0.05) is 6.92 Å². The minimum atomic E-state index is -0.617. The van der Waals surface area contributed by atoms with Crippen molar-refractivity contribution in [2.45, 2.75) is 25.5 Å². The molecule has 0 aromatic heterocycles. The first kappa shape index (κ1) is 15.1. The maximum absolute atomic E-state index is 9.55. The van der Waals surface area contributed by atoms with Crippen molar-refractivity contribution in [2.75, 3.05) is 33.5 Å². The second-order valence-electron chi connectivity index (χ2n) is 4.94. The lowest BCUT2D eigenvalue weighted by Gasteiger charge is -2.13. The first-order chi connectivity index (χ1) is 9.74. The SMILES string of the molecule is CCCNC1COc2cc(OCC(O)COC)ccc21. The summed E-state index contributed by atoms with van der Waals surface area (Å²) in [5, 5.41) is 13.0. The molecule has 20 heavy (non-hydrogen) atoms. The van der Waals surface area contributed by atoms with Crippen LogP contribution in [0.2, 0.25) is 0 Å². The molecule has 112 valence electrons. The molecular formula is C15H23NO4. The van der Waals surface area contributed by atoms with E-state index in [4.69, 9.17) is 14.2 Å². The zero-order valence-corrected chi connectivity index (χ0v) is 12.1. The molecule has 0 aliphatic carbocycles. The second kappa shape index (κ2) is 7.47. The number of ether oxygens (including phenoxy) is 3. The first-order valence-electron chi connectivity index (χ1n) is 7.04. The van der Waals surface area contributed by atoms with Gasteiger partial charge in [0.25, 0.3) is 0 Å². The van der Waals surface area contributed by atoms with E-state index in [1.54, 1.807) is 7.11 Å². The fourth-order valence-corrected chi connectivity index (χ4v) is 2.20. The standard InChI is InChI=1S/C15H23NO4/c1-3-6-16-14-10-20-15-7-12(4-5-13(14)15)19-9-11(17)8-18-2/h4-5,7,11,14,16-17H,3,6,8-10H2,1-2H3. The Hall–Kier alpha value is -1.30. The Bertz CT molecular complexity index is 424. The summed E-state index contributed by atoms with van der Waals surface area (Å²) < 4.78 is 16.1. The van der Waals surface area contributed by atoms with Crippen LogP contribution < -0.4 is 14.8 Å². The van der Waals surface area contributed by atoms with Crippen LogP contribution in [0.4, 0.5) is 0 Å². The normalized spacial score (nSPS) is 18.4. The number of benzene rings is 1. The summed E-state index contributed by atoms with van der Waals surface area (Å²) in [5.74, 6) is 1.56. The average Bonchev–Trinajstić information content (AvgIpc) is 2.85. The minimum absolute atomic E-state index is 0.212. The summed E-state index contributed by atoms with van der Waals surface area (Å²) in [6, 6.07) is 6.07. The third kappa shape index (κ3) is 3.85.